The highest BCUT2D eigenvalue weighted by Crippen LogP contribution is 2.43. The molecule has 0 unspecified atom stereocenters. The second-order valence-corrected chi connectivity index (χ2v) is 8.56. The molecule has 20 heavy (non-hydrogen) atoms. The Hall–Kier alpha value is 0.680. The van der Waals surface area contributed by atoms with Crippen molar-refractivity contribution in [3.63, 3.8) is 0 Å². The maximum absolute atomic E-state index is 3.66. The monoisotopic (exact) mass is 402 g/mol. The number of nitrogens with zero attached hydrogens (tertiary/aromatic N) is 1. The SMILES string of the molecule is Cc1cc([C@H](N2CCNCC2)C(C)(C)C)sc1Br.Cl.Cl. The summed E-state index contributed by atoms with van der Waals surface area (Å²) in [5, 5.41) is 3.44. The van der Waals surface area contributed by atoms with Crippen LogP contribution in [0, 0.1) is 12.3 Å². The van der Waals surface area contributed by atoms with Gasteiger partial charge in [-0.15, -0.1) is 36.2 Å². The number of nitrogens with one attached hydrogen (secondary N) is 1. The lowest BCUT2D eigenvalue weighted by atomic mass is 9.84. The van der Waals surface area contributed by atoms with Gasteiger partial charge in [-0.25, -0.2) is 0 Å². The van der Waals surface area contributed by atoms with Gasteiger partial charge in [0, 0.05) is 37.1 Å². The second kappa shape index (κ2) is 8.35. The molecular formula is C14H25BrCl2N2S. The van der Waals surface area contributed by atoms with Crippen LogP contribution in [0.15, 0.2) is 9.85 Å². The Morgan fingerprint density at radius 2 is 1.80 bits per heavy atom. The van der Waals surface area contributed by atoms with Gasteiger partial charge in [0.15, 0.2) is 0 Å². The number of aryl methyl sites for hydroxylation is 1. The van der Waals surface area contributed by atoms with Crippen LogP contribution in [0.3, 0.4) is 0 Å². The fraction of sp³-hybridized carbons (Fsp3) is 0.714. The normalized spacial score (nSPS) is 18.1. The van der Waals surface area contributed by atoms with Crippen molar-refractivity contribution in [3.8, 4) is 0 Å². The van der Waals surface area contributed by atoms with Crippen LogP contribution >= 0.6 is 52.1 Å². The molecule has 1 fully saturated rings. The molecule has 1 atom stereocenters. The van der Waals surface area contributed by atoms with E-state index >= 15 is 0 Å². The molecule has 2 heterocycles. The summed E-state index contributed by atoms with van der Waals surface area (Å²) in [7, 11) is 0. The highest BCUT2D eigenvalue weighted by molar-refractivity contribution is 9.11. The largest absolute Gasteiger partial charge is 0.314 e. The van der Waals surface area contributed by atoms with Crippen molar-refractivity contribution in [1.29, 1.82) is 0 Å². The van der Waals surface area contributed by atoms with Crippen LogP contribution in [-0.2, 0) is 0 Å². The molecule has 2 rings (SSSR count). The summed E-state index contributed by atoms with van der Waals surface area (Å²) >= 11 is 5.56. The minimum absolute atomic E-state index is 0. The van der Waals surface area contributed by atoms with E-state index in [4.69, 9.17) is 0 Å². The third-order valence-electron chi connectivity index (χ3n) is 3.48. The molecule has 1 saturated heterocycles. The highest BCUT2D eigenvalue weighted by atomic mass is 79.9. The van der Waals surface area contributed by atoms with Gasteiger partial charge < -0.3 is 5.32 Å². The van der Waals surface area contributed by atoms with Gasteiger partial charge in [0.1, 0.15) is 0 Å². The highest BCUT2D eigenvalue weighted by Gasteiger charge is 2.33. The minimum atomic E-state index is 0. The van der Waals surface area contributed by atoms with Crippen LogP contribution in [0.25, 0.3) is 0 Å². The second-order valence-electron chi connectivity index (χ2n) is 6.16. The Kier molecular flexibility index (Phi) is 8.63. The van der Waals surface area contributed by atoms with Gasteiger partial charge in [-0.1, -0.05) is 20.8 Å². The zero-order chi connectivity index (χ0) is 13.3. The van der Waals surface area contributed by atoms with Crippen molar-refractivity contribution in [3.05, 3.63) is 20.3 Å². The van der Waals surface area contributed by atoms with Gasteiger partial charge in [0.2, 0.25) is 0 Å². The lowest BCUT2D eigenvalue weighted by molar-refractivity contribution is 0.0888. The molecule has 1 aliphatic rings. The molecule has 1 aromatic heterocycles. The van der Waals surface area contributed by atoms with Gasteiger partial charge in [0.05, 0.1) is 3.79 Å². The molecule has 0 aromatic carbocycles. The standard InChI is InChI=1S/C14H23BrN2S.2ClH/c1-10-9-11(18-13(10)15)12(14(2,3)4)17-7-5-16-6-8-17;;/h9,12,16H,5-8H2,1-4H3;2*1H/t12-;;/m0../s1. The Morgan fingerprint density at radius 3 is 2.20 bits per heavy atom. The van der Waals surface area contributed by atoms with E-state index < -0.39 is 0 Å². The third kappa shape index (κ3) is 4.85. The number of piperazine rings is 1. The average molecular weight is 404 g/mol. The Bertz CT molecular complexity index is 392. The first-order chi connectivity index (χ1) is 8.39. The molecule has 1 N–H and O–H groups in total. The summed E-state index contributed by atoms with van der Waals surface area (Å²) < 4.78 is 1.28. The number of halogens is 3. The number of rotatable bonds is 2. The molecule has 0 spiro atoms. The predicted molar refractivity (Wildman–Crippen MR) is 97.9 cm³/mol. The summed E-state index contributed by atoms with van der Waals surface area (Å²) in [4.78, 5) is 4.13. The number of hydrogen-bond donors (Lipinski definition) is 1. The van der Waals surface area contributed by atoms with Gasteiger partial charge >= 0.3 is 0 Å². The third-order valence-corrected chi connectivity index (χ3v) is 5.67. The van der Waals surface area contributed by atoms with E-state index in [1.807, 2.05) is 11.3 Å². The summed E-state index contributed by atoms with van der Waals surface area (Å²) in [6.45, 7) is 13.7. The number of thiophene rings is 1. The molecule has 6 heteroatoms. The van der Waals surface area contributed by atoms with Crippen LogP contribution in [0.1, 0.15) is 37.3 Å². The van der Waals surface area contributed by atoms with Crippen molar-refractivity contribution < 1.29 is 0 Å². The fourth-order valence-corrected chi connectivity index (χ4v) is 4.67. The molecule has 0 bridgehead atoms. The average Bonchev–Trinajstić information content (AvgIpc) is 2.58. The minimum Gasteiger partial charge on any atom is -0.314 e. The lowest BCUT2D eigenvalue weighted by Gasteiger charge is -2.41. The van der Waals surface area contributed by atoms with Gasteiger partial charge in [-0.2, -0.15) is 0 Å². The van der Waals surface area contributed by atoms with E-state index in [0.29, 0.717) is 6.04 Å². The zero-order valence-corrected chi connectivity index (χ0v) is 16.6. The smallest absolute Gasteiger partial charge is 0.0731 e. The zero-order valence-electron chi connectivity index (χ0n) is 12.5. The van der Waals surface area contributed by atoms with E-state index in [0.717, 1.165) is 26.2 Å². The van der Waals surface area contributed by atoms with Crippen LogP contribution in [0.5, 0.6) is 0 Å². The van der Waals surface area contributed by atoms with Gasteiger partial charge in [0.25, 0.3) is 0 Å². The maximum Gasteiger partial charge on any atom is 0.0731 e. The van der Waals surface area contributed by atoms with Crippen LogP contribution < -0.4 is 5.32 Å². The predicted octanol–water partition coefficient (Wildman–Crippen LogP) is 4.66. The molecule has 1 aromatic rings. The molecule has 0 radical (unpaired) electrons. The van der Waals surface area contributed by atoms with Gasteiger partial charge in [-0.05, 0) is 39.9 Å². The van der Waals surface area contributed by atoms with Crippen molar-refractivity contribution in [1.82, 2.24) is 10.2 Å². The van der Waals surface area contributed by atoms with E-state index in [2.05, 4.69) is 59.9 Å². The summed E-state index contributed by atoms with van der Waals surface area (Å²) in [6.07, 6.45) is 0. The Labute approximate surface area is 147 Å². The van der Waals surface area contributed by atoms with E-state index in [1.54, 1.807) is 0 Å². The Balaban J connectivity index is 0.00000180. The molecule has 118 valence electrons. The summed E-state index contributed by atoms with van der Waals surface area (Å²) in [5.74, 6) is 0. The summed E-state index contributed by atoms with van der Waals surface area (Å²) in [6, 6.07) is 2.88. The van der Waals surface area contributed by atoms with Crippen molar-refractivity contribution in [2.24, 2.45) is 5.41 Å². The first-order valence-corrected chi connectivity index (χ1v) is 8.21. The van der Waals surface area contributed by atoms with Crippen LogP contribution in [0.2, 0.25) is 0 Å². The van der Waals surface area contributed by atoms with Gasteiger partial charge in [-0.3, -0.25) is 4.90 Å². The topological polar surface area (TPSA) is 15.3 Å². The molecule has 0 amide bonds. The molecule has 0 aliphatic carbocycles. The van der Waals surface area contributed by atoms with E-state index in [9.17, 15) is 0 Å². The van der Waals surface area contributed by atoms with Crippen molar-refractivity contribution in [2.45, 2.75) is 33.7 Å². The molecule has 0 saturated carbocycles. The molecular weight excluding hydrogens is 379 g/mol. The van der Waals surface area contributed by atoms with E-state index in [-0.39, 0.29) is 30.2 Å². The fourth-order valence-electron chi connectivity index (χ4n) is 2.71. The van der Waals surface area contributed by atoms with Crippen LogP contribution in [-0.4, -0.2) is 31.1 Å². The quantitative estimate of drug-likeness (QED) is 0.772. The molecule has 2 nitrogen and oxygen atoms in total. The Morgan fingerprint density at radius 1 is 1.25 bits per heavy atom. The van der Waals surface area contributed by atoms with E-state index in [1.165, 1.54) is 14.2 Å². The van der Waals surface area contributed by atoms with Crippen LogP contribution in [0.4, 0.5) is 0 Å². The first kappa shape index (κ1) is 20.7. The maximum atomic E-state index is 3.66. The van der Waals surface area contributed by atoms with Crippen molar-refractivity contribution in [2.75, 3.05) is 26.2 Å². The summed E-state index contributed by atoms with van der Waals surface area (Å²) in [5.41, 5.74) is 1.63. The molecule has 1 aliphatic heterocycles. The lowest BCUT2D eigenvalue weighted by Crippen LogP contribution is -2.48. The first-order valence-electron chi connectivity index (χ1n) is 6.60. The number of hydrogen-bond acceptors (Lipinski definition) is 3. The van der Waals surface area contributed by atoms with Crippen molar-refractivity contribution >= 4 is 52.1 Å².